The van der Waals surface area contributed by atoms with Gasteiger partial charge in [-0.15, -0.1) is 11.3 Å². The molecule has 1 heterocycles. The van der Waals surface area contributed by atoms with E-state index in [1.807, 2.05) is 0 Å². The minimum absolute atomic E-state index is 0.0107. The van der Waals surface area contributed by atoms with Crippen LogP contribution in [0.3, 0.4) is 0 Å². The fourth-order valence-corrected chi connectivity index (χ4v) is 5.12. The zero-order chi connectivity index (χ0) is 19.9. The number of rotatable bonds is 4. The molecule has 0 aliphatic heterocycles. The van der Waals surface area contributed by atoms with Gasteiger partial charge in [-0.3, -0.25) is 4.79 Å². The number of carbonyl (C=O) groups excluding carboxylic acids is 1. The molecule has 0 saturated heterocycles. The van der Waals surface area contributed by atoms with Crippen molar-refractivity contribution in [3.63, 3.8) is 0 Å². The van der Waals surface area contributed by atoms with Gasteiger partial charge in [-0.1, -0.05) is 0 Å². The fraction of sp³-hybridized carbons (Fsp3) is 0.353. The largest absolute Gasteiger partial charge is 0.322 e. The Morgan fingerprint density at radius 1 is 1.12 bits per heavy atom. The molecular weight excluding hydrogens is 382 g/mol. The minimum atomic E-state index is -3.77. The standard InChI is InChI=1S/C17H20F2N2O3S2/c1-9-6-11(7-13(18)15(9)19)20-16(22)12-8-14(25-10(12)2)26(23,24)21-17(3,4)5/h6-8,21H,1-5H3,(H,20,22). The number of sulfonamides is 1. The molecule has 0 saturated carbocycles. The van der Waals surface area contributed by atoms with E-state index in [1.54, 1.807) is 27.7 Å². The lowest BCUT2D eigenvalue weighted by Crippen LogP contribution is -2.40. The summed E-state index contributed by atoms with van der Waals surface area (Å²) >= 11 is 0.964. The highest BCUT2D eigenvalue weighted by molar-refractivity contribution is 7.91. The van der Waals surface area contributed by atoms with Gasteiger partial charge < -0.3 is 5.32 Å². The second-order valence-corrected chi connectivity index (χ2v) is 10.1. The van der Waals surface area contributed by atoms with Crippen LogP contribution in [0.15, 0.2) is 22.4 Å². The van der Waals surface area contributed by atoms with Gasteiger partial charge in [0, 0.05) is 22.2 Å². The Labute approximate surface area is 155 Å². The van der Waals surface area contributed by atoms with Gasteiger partial charge in [0.15, 0.2) is 11.6 Å². The van der Waals surface area contributed by atoms with Crippen LogP contribution in [0.2, 0.25) is 0 Å². The quantitative estimate of drug-likeness (QED) is 0.813. The molecule has 2 N–H and O–H groups in total. The summed E-state index contributed by atoms with van der Waals surface area (Å²) < 4.78 is 54.2. The van der Waals surface area contributed by atoms with Crippen molar-refractivity contribution in [2.75, 3.05) is 5.32 Å². The normalized spacial score (nSPS) is 12.3. The van der Waals surface area contributed by atoms with Gasteiger partial charge in [0.1, 0.15) is 4.21 Å². The molecule has 1 aromatic carbocycles. The summed E-state index contributed by atoms with van der Waals surface area (Å²) in [6, 6.07) is 3.45. The molecule has 0 radical (unpaired) electrons. The number of aryl methyl sites for hydroxylation is 2. The number of nitrogens with one attached hydrogen (secondary N) is 2. The van der Waals surface area contributed by atoms with Gasteiger partial charge in [-0.25, -0.2) is 21.9 Å². The van der Waals surface area contributed by atoms with Crippen molar-refractivity contribution in [2.24, 2.45) is 0 Å². The molecule has 9 heteroatoms. The van der Waals surface area contributed by atoms with Gasteiger partial charge in [-0.2, -0.15) is 0 Å². The van der Waals surface area contributed by atoms with Gasteiger partial charge in [0.05, 0.1) is 5.56 Å². The summed E-state index contributed by atoms with van der Waals surface area (Å²) in [7, 11) is -3.77. The molecule has 142 valence electrons. The summed E-state index contributed by atoms with van der Waals surface area (Å²) in [6.45, 7) is 8.14. The third kappa shape index (κ3) is 4.66. The number of anilines is 1. The van der Waals surface area contributed by atoms with Crippen molar-refractivity contribution in [3.8, 4) is 0 Å². The van der Waals surface area contributed by atoms with Gasteiger partial charge in [0.25, 0.3) is 15.9 Å². The zero-order valence-electron chi connectivity index (χ0n) is 15.0. The first-order chi connectivity index (χ1) is 11.8. The predicted octanol–water partition coefficient (Wildman–Crippen LogP) is 3.97. The molecule has 2 rings (SSSR count). The van der Waals surface area contributed by atoms with Crippen LogP contribution in [0.1, 0.15) is 41.6 Å². The van der Waals surface area contributed by atoms with Crippen LogP contribution in [-0.4, -0.2) is 19.9 Å². The molecule has 0 aliphatic rings. The Hall–Kier alpha value is -1.84. The summed E-state index contributed by atoms with van der Waals surface area (Å²) in [5, 5.41) is 2.47. The third-order valence-corrected chi connectivity index (χ3v) is 6.60. The van der Waals surface area contributed by atoms with Crippen molar-refractivity contribution in [1.29, 1.82) is 0 Å². The predicted molar refractivity (Wildman–Crippen MR) is 98.2 cm³/mol. The Bertz CT molecular complexity index is 938. The highest BCUT2D eigenvalue weighted by Gasteiger charge is 2.26. The van der Waals surface area contributed by atoms with E-state index in [9.17, 15) is 22.0 Å². The van der Waals surface area contributed by atoms with E-state index in [0.29, 0.717) is 4.88 Å². The van der Waals surface area contributed by atoms with Crippen LogP contribution in [0, 0.1) is 25.5 Å². The van der Waals surface area contributed by atoms with Crippen LogP contribution < -0.4 is 10.0 Å². The number of carbonyl (C=O) groups is 1. The second kappa shape index (κ2) is 7.05. The first-order valence-electron chi connectivity index (χ1n) is 7.71. The summed E-state index contributed by atoms with van der Waals surface area (Å²) in [5.74, 6) is -2.64. The van der Waals surface area contributed by atoms with Crippen LogP contribution in [0.4, 0.5) is 14.5 Å². The molecule has 1 aromatic heterocycles. The molecule has 0 fully saturated rings. The van der Waals surface area contributed by atoms with Crippen LogP contribution in [0.5, 0.6) is 0 Å². The van der Waals surface area contributed by atoms with E-state index in [4.69, 9.17) is 0 Å². The molecule has 1 amide bonds. The number of amides is 1. The van der Waals surface area contributed by atoms with E-state index in [1.165, 1.54) is 19.1 Å². The number of halogens is 2. The monoisotopic (exact) mass is 402 g/mol. The molecular formula is C17H20F2N2O3S2. The van der Waals surface area contributed by atoms with Gasteiger partial charge >= 0.3 is 0 Å². The zero-order valence-corrected chi connectivity index (χ0v) is 16.7. The molecule has 2 aromatic rings. The first kappa shape index (κ1) is 20.5. The van der Waals surface area contributed by atoms with E-state index in [2.05, 4.69) is 10.0 Å². The molecule has 5 nitrogen and oxygen atoms in total. The van der Waals surface area contributed by atoms with E-state index in [0.717, 1.165) is 17.4 Å². The Morgan fingerprint density at radius 3 is 2.27 bits per heavy atom. The van der Waals surface area contributed by atoms with E-state index >= 15 is 0 Å². The summed E-state index contributed by atoms with van der Waals surface area (Å²) in [4.78, 5) is 12.9. The van der Waals surface area contributed by atoms with Crippen molar-refractivity contribution >= 4 is 33.0 Å². The Kier molecular flexibility index (Phi) is 5.55. The minimum Gasteiger partial charge on any atom is -0.322 e. The van der Waals surface area contributed by atoms with E-state index < -0.39 is 33.1 Å². The highest BCUT2D eigenvalue weighted by Crippen LogP contribution is 2.28. The average Bonchev–Trinajstić information content (AvgIpc) is 2.85. The number of hydrogen-bond donors (Lipinski definition) is 2. The molecule has 0 bridgehead atoms. The Balaban J connectivity index is 2.30. The van der Waals surface area contributed by atoms with Crippen LogP contribution in [0.25, 0.3) is 0 Å². The maximum absolute atomic E-state index is 13.5. The van der Waals surface area contributed by atoms with Crippen molar-refractivity contribution < 1.29 is 22.0 Å². The van der Waals surface area contributed by atoms with Crippen molar-refractivity contribution in [2.45, 2.75) is 44.4 Å². The maximum atomic E-state index is 13.5. The van der Waals surface area contributed by atoms with Gasteiger partial charge in [-0.05, 0) is 52.3 Å². The highest BCUT2D eigenvalue weighted by atomic mass is 32.2. The lowest BCUT2D eigenvalue weighted by molar-refractivity contribution is 0.102. The molecule has 0 unspecified atom stereocenters. The molecule has 26 heavy (non-hydrogen) atoms. The number of hydrogen-bond acceptors (Lipinski definition) is 4. The summed E-state index contributed by atoms with van der Waals surface area (Å²) in [6.07, 6.45) is 0. The second-order valence-electron chi connectivity index (χ2n) is 6.93. The van der Waals surface area contributed by atoms with Crippen LogP contribution >= 0.6 is 11.3 Å². The number of benzene rings is 1. The van der Waals surface area contributed by atoms with E-state index in [-0.39, 0.29) is 21.0 Å². The lowest BCUT2D eigenvalue weighted by Gasteiger charge is -2.19. The van der Waals surface area contributed by atoms with Gasteiger partial charge in [0.2, 0.25) is 0 Å². The summed E-state index contributed by atoms with van der Waals surface area (Å²) in [5.41, 5.74) is -0.358. The number of thiophene rings is 1. The third-order valence-electron chi connectivity index (χ3n) is 3.31. The van der Waals surface area contributed by atoms with Crippen molar-refractivity contribution in [3.05, 3.63) is 45.8 Å². The fourth-order valence-electron chi connectivity index (χ4n) is 2.26. The Morgan fingerprint density at radius 2 is 1.73 bits per heavy atom. The molecule has 0 spiro atoms. The smallest absolute Gasteiger partial charge is 0.256 e. The maximum Gasteiger partial charge on any atom is 0.256 e. The lowest BCUT2D eigenvalue weighted by atomic mass is 10.1. The topological polar surface area (TPSA) is 75.3 Å². The average molecular weight is 402 g/mol. The molecule has 0 aliphatic carbocycles. The molecule has 0 atom stereocenters. The van der Waals surface area contributed by atoms with Crippen LogP contribution in [-0.2, 0) is 10.0 Å². The first-order valence-corrected chi connectivity index (χ1v) is 10.0. The SMILES string of the molecule is Cc1cc(NC(=O)c2cc(S(=O)(=O)NC(C)(C)C)sc2C)cc(F)c1F. The van der Waals surface area contributed by atoms with Crippen molar-refractivity contribution in [1.82, 2.24) is 4.72 Å².